The summed E-state index contributed by atoms with van der Waals surface area (Å²) in [6.07, 6.45) is 3.38. The van der Waals surface area contributed by atoms with Crippen molar-refractivity contribution in [3.63, 3.8) is 0 Å². The molecule has 0 amide bonds. The summed E-state index contributed by atoms with van der Waals surface area (Å²) in [6.45, 7) is 1.63. The maximum absolute atomic E-state index is 11.7. The summed E-state index contributed by atoms with van der Waals surface area (Å²) in [6, 6.07) is 5.98. The maximum Gasteiger partial charge on any atom is 0.305 e. The van der Waals surface area contributed by atoms with E-state index in [4.69, 9.17) is 9.47 Å². The zero-order valence-electron chi connectivity index (χ0n) is 15.1. The zero-order valence-corrected chi connectivity index (χ0v) is 15.1. The molecule has 6 heteroatoms. The van der Waals surface area contributed by atoms with E-state index in [0.29, 0.717) is 19.3 Å². The number of carbonyl (C=O) groups is 3. The molecule has 0 N–H and O–H groups in total. The first-order valence-corrected chi connectivity index (χ1v) is 8.99. The number of ether oxygens (including phenoxy) is 3. The van der Waals surface area contributed by atoms with E-state index in [1.165, 1.54) is 14.0 Å². The average molecular weight is 360 g/mol. The lowest BCUT2D eigenvalue weighted by Crippen LogP contribution is -2.21. The topological polar surface area (TPSA) is 78.9 Å². The number of benzene rings is 1. The van der Waals surface area contributed by atoms with Crippen LogP contribution in [0, 0.1) is 11.8 Å². The molecule has 0 radical (unpaired) electrons. The van der Waals surface area contributed by atoms with E-state index in [9.17, 15) is 14.4 Å². The normalized spacial score (nSPS) is 25.8. The Kier molecular flexibility index (Phi) is 5.59. The quantitative estimate of drug-likeness (QED) is 0.549. The van der Waals surface area contributed by atoms with Crippen molar-refractivity contribution in [2.24, 2.45) is 11.8 Å². The number of methoxy groups -OCH3 is 1. The number of fused-ring (bicyclic) bond motifs is 3. The molecule has 1 unspecified atom stereocenters. The Morgan fingerprint density at radius 3 is 2.85 bits per heavy atom. The minimum Gasteiger partial charge on any atom is -0.489 e. The molecule has 4 atom stereocenters. The highest BCUT2D eigenvalue weighted by atomic mass is 16.5. The summed E-state index contributed by atoms with van der Waals surface area (Å²) in [5.74, 6) is 0.0767. The van der Waals surface area contributed by atoms with Crippen molar-refractivity contribution >= 4 is 18.2 Å². The van der Waals surface area contributed by atoms with E-state index < -0.39 is 0 Å². The lowest BCUT2D eigenvalue weighted by molar-refractivity contribution is -0.143. The molecule has 1 aliphatic heterocycles. The number of hydrogen-bond donors (Lipinski definition) is 0. The molecule has 6 nitrogen and oxygen atoms in total. The summed E-state index contributed by atoms with van der Waals surface area (Å²) in [4.78, 5) is 34.1. The van der Waals surface area contributed by atoms with Gasteiger partial charge in [-0.15, -0.1) is 0 Å². The molecule has 0 bridgehead atoms. The summed E-state index contributed by atoms with van der Waals surface area (Å²) in [7, 11) is 1.39. The number of aryl methyl sites for hydroxylation is 1. The maximum atomic E-state index is 11.7. The van der Waals surface area contributed by atoms with Gasteiger partial charge in [-0.05, 0) is 24.8 Å². The van der Waals surface area contributed by atoms with Gasteiger partial charge in [-0.25, -0.2) is 0 Å². The fraction of sp³-hybridized carbons (Fsp3) is 0.550. The fourth-order valence-corrected chi connectivity index (χ4v) is 4.16. The highest BCUT2D eigenvalue weighted by molar-refractivity contribution is 5.69. The Balaban J connectivity index is 1.73. The van der Waals surface area contributed by atoms with Crippen LogP contribution < -0.4 is 4.74 Å². The van der Waals surface area contributed by atoms with Gasteiger partial charge >= 0.3 is 11.9 Å². The van der Waals surface area contributed by atoms with Crippen molar-refractivity contribution in [1.29, 1.82) is 0 Å². The van der Waals surface area contributed by atoms with Crippen molar-refractivity contribution in [3.05, 3.63) is 29.3 Å². The Bertz CT molecular complexity index is 698. The van der Waals surface area contributed by atoms with E-state index >= 15 is 0 Å². The molecule has 140 valence electrons. The minimum atomic E-state index is -0.332. The number of aldehydes is 1. The van der Waals surface area contributed by atoms with Crippen molar-refractivity contribution in [1.82, 2.24) is 0 Å². The van der Waals surface area contributed by atoms with Crippen LogP contribution in [0.2, 0.25) is 0 Å². The molecule has 2 aliphatic rings. The highest BCUT2D eigenvalue weighted by Crippen LogP contribution is 2.53. The first-order chi connectivity index (χ1) is 12.5. The van der Waals surface area contributed by atoms with Crippen LogP contribution in [0.15, 0.2) is 18.2 Å². The second-order valence-corrected chi connectivity index (χ2v) is 6.96. The second-order valence-electron chi connectivity index (χ2n) is 6.96. The smallest absolute Gasteiger partial charge is 0.305 e. The van der Waals surface area contributed by atoms with Gasteiger partial charge in [0.15, 0.2) is 0 Å². The average Bonchev–Trinajstić information content (AvgIpc) is 3.15. The largest absolute Gasteiger partial charge is 0.489 e. The van der Waals surface area contributed by atoms with Gasteiger partial charge in [0.2, 0.25) is 0 Å². The van der Waals surface area contributed by atoms with Crippen molar-refractivity contribution in [3.8, 4) is 5.75 Å². The summed E-state index contributed by atoms with van der Waals surface area (Å²) >= 11 is 0. The summed E-state index contributed by atoms with van der Waals surface area (Å²) in [5, 5.41) is 0. The number of rotatable bonds is 7. The Hall–Kier alpha value is -2.37. The van der Waals surface area contributed by atoms with Gasteiger partial charge in [0.1, 0.15) is 18.1 Å². The predicted molar refractivity (Wildman–Crippen MR) is 92.8 cm³/mol. The van der Waals surface area contributed by atoms with Gasteiger partial charge < -0.3 is 19.0 Å². The van der Waals surface area contributed by atoms with E-state index in [-0.39, 0.29) is 42.4 Å². The van der Waals surface area contributed by atoms with Gasteiger partial charge in [-0.3, -0.25) is 9.59 Å². The van der Waals surface area contributed by atoms with Crippen LogP contribution in [0.3, 0.4) is 0 Å². The Morgan fingerprint density at radius 2 is 2.15 bits per heavy atom. The van der Waals surface area contributed by atoms with E-state index in [1.54, 1.807) is 0 Å². The van der Waals surface area contributed by atoms with Crippen LogP contribution in [-0.2, 0) is 30.3 Å². The Morgan fingerprint density at radius 1 is 1.35 bits per heavy atom. The summed E-state index contributed by atoms with van der Waals surface area (Å²) < 4.78 is 16.0. The molecule has 0 saturated heterocycles. The van der Waals surface area contributed by atoms with Crippen LogP contribution in [0.5, 0.6) is 5.75 Å². The molecule has 3 rings (SSSR count). The molecular formula is C20H24O6. The highest BCUT2D eigenvalue weighted by Gasteiger charge is 2.50. The summed E-state index contributed by atoms with van der Waals surface area (Å²) in [5.41, 5.74) is 2.11. The van der Waals surface area contributed by atoms with Crippen LogP contribution in [0.4, 0.5) is 0 Å². The molecule has 0 aromatic heterocycles. The number of hydrogen-bond acceptors (Lipinski definition) is 6. The van der Waals surface area contributed by atoms with Gasteiger partial charge in [-0.2, -0.15) is 0 Å². The third-order valence-corrected chi connectivity index (χ3v) is 5.36. The lowest BCUT2D eigenvalue weighted by atomic mass is 9.85. The first kappa shape index (κ1) is 18.4. The van der Waals surface area contributed by atoms with Crippen molar-refractivity contribution in [2.45, 2.75) is 44.6 Å². The van der Waals surface area contributed by atoms with Crippen LogP contribution >= 0.6 is 0 Å². The van der Waals surface area contributed by atoms with E-state index in [1.807, 2.05) is 18.2 Å². The molecule has 1 heterocycles. The Labute approximate surface area is 152 Å². The third kappa shape index (κ3) is 3.59. The molecule has 1 fully saturated rings. The monoisotopic (exact) mass is 360 g/mol. The van der Waals surface area contributed by atoms with Crippen molar-refractivity contribution < 1.29 is 28.6 Å². The SMILES string of the molecule is COC(=O)CCCc1cccc2c1O[C@H]1C[C@@H](COC(C)=O)C(C=O)[C@@H]21. The predicted octanol–water partition coefficient (Wildman–Crippen LogP) is 2.43. The zero-order chi connectivity index (χ0) is 18.7. The van der Waals surface area contributed by atoms with E-state index in [0.717, 1.165) is 29.6 Å². The first-order valence-electron chi connectivity index (χ1n) is 8.99. The molecule has 1 saturated carbocycles. The van der Waals surface area contributed by atoms with Crippen LogP contribution in [0.1, 0.15) is 43.2 Å². The molecule has 0 spiro atoms. The van der Waals surface area contributed by atoms with Crippen LogP contribution in [-0.4, -0.2) is 38.0 Å². The molecular weight excluding hydrogens is 336 g/mol. The standard InChI is InChI=1S/C20H24O6/c1-12(22)25-11-14-9-17-19(16(14)10-21)15-7-3-5-13(20(15)26-17)6-4-8-18(23)24-2/h3,5,7,10,14,16-17,19H,4,6,8-9,11H2,1-2H3/t14-,16?,17-,19+/m0/s1. The molecule has 26 heavy (non-hydrogen) atoms. The molecule has 1 aliphatic carbocycles. The molecule has 1 aromatic carbocycles. The van der Waals surface area contributed by atoms with Gasteiger partial charge in [0.25, 0.3) is 0 Å². The van der Waals surface area contributed by atoms with Gasteiger partial charge in [0.05, 0.1) is 13.7 Å². The minimum absolute atomic E-state index is 0.00335. The molecule has 1 aromatic rings. The second kappa shape index (κ2) is 7.89. The lowest BCUT2D eigenvalue weighted by Gasteiger charge is -2.18. The van der Waals surface area contributed by atoms with E-state index in [2.05, 4.69) is 4.74 Å². The number of esters is 2. The van der Waals surface area contributed by atoms with Gasteiger partial charge in [-0.1, -0.05) is 18.2 Å². The number of para-hydroxylation sites is 1. The van der Waals surface area contributed by atoms with Crippen molar-refractivity contribution in [2.75, 3.05) is 13.7 Å². The number of carbonyl (C=O) groups excluding carboxylic acids is 3. The fourth-order valence-electron chi connectivity index (χ4n) is 4.16. The third-order valence-electron chi connectivity index (χ3n) is 5.36. The van der Waals surface area contributed by atoms with Gasteiger partial charge in [0, 0.05) is 36.7 Å². The van der Waals surface area contributed by atoms with Crippen LogP contribution in [0.25, 0.3) is 0 Å².